The van der Waals surface area contributed by atoms with Crippen LogP contribution in [0.2, 0.25) is 0 Å². The van der Waals surface area contributed by atoms with E-state index >= 15 is 0 Å². The van der Waals surface area contributed by atoms with Crippen molar-refractivity contribution in [3.05, 3.63) is 88.6 Å². The van der Waals surface area contributed by atoms with Gasteiger partial charge in [-0.3, -0.25) is 14.5 Å². The number of ketones is 1. The van der Waals surface area contributed by atoms with E-state index in [9.17, 15) is 19.1 Å². The van der Waals surface area contributed by atoms with Crippen molar-refractivity contribution in [1.29, 1.82) is 0 Å². The SMILES string of the molecule is COc1ccc(/C(O)=C2/C(=O)C(=O)N(c3cccc(F)c3)C2c2ccc(C)o2)cc1C(C)C. The fraction of sp³-hybridized carbons (Fsp3) is 0.231. The summed E-state index contributed by atoms with van der Waals surface area (Å²) in [5.74, 6) is -1.05. The molecule has 0 bridgehead atoms. The molecule has 0 aliphatic carbocycles. The molecule has 6 nitrogen and oxygen atoms in total. The Bertz CT molecular complexity index is 1270. The molecule has 1 N–H and O–H groups in total. The summed E-state index contributed by atoms with van der Waals surface area (Å²) < 4.78 is 25.1. The normalized spacial score (nSPS) is 17.8. The molecule has 170 valence electrons. The van der Waals surface area contributed by atoms with Crippen LogP contribution in [0.1, 0.15) is 48.5 Å². The monoisotopic (exact) mass is 449 g/mol. The van der Waals surface area contributed by atoms with Crippen molar-refractivity contribution < 1.29 is 28.2 Å². The number of nitrogens with zero attached hydrogens (tertiary/aromatic N) is 1. The number of aryl methyl sites for hydroxylation is 1. The van der Waals surface area contributed by atoms with Gasteiger partial charge in [-0.1, -0.05) is 19.9 Å². The van der Waals surface area contributed by atoms with E-state index in [0.29, 0.717) is 17.1 Å². The number of amides is 1. The Balaban J connectivity index is 1.94. The second-order valence-electron chi connectivity index (χ2n) is 8.21. The van der Waals surface area contributed by atoms with Crippen molar-refractivity contribution in [2.75, 3.05) is 12.0 Å². The summed E-state index contributed by atoms with van der Waals surface area (Å²) in [4.78, 5) is 27.4. The summed E-state index contributed by atoms with van der Waals surface area (Å²) in [6, 6.07) is 12.7. The predicted molar refractivity (Wildman–Crippen MR) is 122 cm³/mol. The van der Waals surface area contributed by atoms with Gasteiger partial charge in [-0.25, -0.2) is 4.39 Å². The summed E-state index contributed by atoms with van der Waals surface area (Å²) in [6.45, 7) is 5.70. The molecule has 1 fully saturated rings. The zero-order chi connectivity index (χ0) is 23.9. The van der Waals surface area contributed by atoms with Gasteiger partial charge in [0.25, 0.3) is 11.7 Å². The molecule has 2 heterocycles. The largest absolute Gasteiger partial charge is 0.507 e. The average Bonchev–Trinajstić information content (AvgIpc) is 3.33. The van der Waals surface area contributed by atoms with Crippen molar-refractivity contribution in [3.63, 3.8) is 0 Å². The van der Waals surface area contributed by atoms with Gasteiger partial charge in [-0.15, -0.1) is 0 Å². The smallest absolute Gasteiger partial charge is 0.300 e. The first-order chi connectivity index (χ1) is 15.7. The van der Waals surface area contributed by atoms with E-state index in [1.54, 1.807) is 44.4 Å². The highest BCUT2D eigenvalue weighted by Crippen LogP contribution is 2.43. The lowest BCUT2D eigenvalue weighted by molar-refractivity contribution is -0.132. The topological polar surface area (TPSA) is 80.0 Å². The number of hydrogen-bond acceptors (Lipinski definition) is 5. The molecule has 7 heteroatoms. The minimum Gasteiger partial charge on any atom is -0.507 e. The highest BCUT2D eigenvalue weighted by Gasteiger charge is 2.48. The van der Waals surface area contributed by atoms with Gasteiger partial charge in [-0.05, 0) is 66.9 Å². The van der Waals surface area contributed by atoms with Crippen molar-refractivity contribution >= 4 is 23.1 Å². The van der Waals surface area contributed by atoms with E-state index in [0.717, 1.165) is 16.5 Å². The van der Waals surface area contributed by atoms with Crippen molar-refractivity contribution in [3.8, 4) is 5.75 Å². The van der Waals surface area contributed by atoms with Crippen molar-refractivity contribution in [1.82, 2.24) is 0 Å². The molecule has 4 rings (SSSR count). The van der Waals surface area contributed by atoms with Gasteiger partial charge < -0.3 is 14.3 Å². The van der Waals surface area contributed by atoms with Crippen LogP contribution in [0, 0.1) is 12.7 Å². The fourth-order valence-electron chi connectivity index (χ4n) is 4.08. The maximum atomic E-state index is 14.0. The highest BCUT2D eigenvalue weighted by molar-refractivity contribution is 6.51. The molecule has 0 radical (unpaired) electrons. The Morgan fingerprint density at radius 3 is 2.48 bits per heavy atom. The minimum atomic E-state index is -1.05. The first-order valence-electron chi connectivity index (χ1n) is 10.5. The third kappa shape index (κ3) is 3.91. The lowest BCUT2D eigenvalue weighted by Crippen LogP contribution is -2.29. The molecule has 1 atom stereocenters. The molecule has 1 unspecified atom stereocenters. The van der Waals surface area contributed by atoms with E-state index in [-0.39, 0.29) is 28.7 Å². The van der Waals surface area contributed by atoms with E-state index in [2.05, 4.69) is 0 Å². The van der Waals surface area contributed by atoms with Crippen molar-refractivity contribution in [2.45, 2.75) is 32.7 Å². The van der Waals surface area contributed by atoms with E-state index in [4.69, 9.17) is 9.15 Å². The van der Waals surface area contributed by atoms with Gasteiger partial charge in [0, 0.05) is 11.3 Å². The number of hydrogen-bond donors (Lipinski definition) is 1. The number of benzene rings is 2. The van der Waals surface area contributed by atoms with E-state index in [1.807, 2.05) is 13.8 Å². The number of carbonyl (C=O) groups is 2. The Hall–Kier alpha value is -3.87. The lowest BCUT2D eigenvalue weighted by atomic mass is 9.95. The molecule has 1 aliphatic heterocycles. The third-order valence-electron chi connectivity index (χ3n) is 5.69. The van der Waals surface area contributed by atoms with Crippen LogP contribution in [0.3, 0.4) is 0 Å². The summed E-state index contributed by atoms with van der Waals surface area (Å²) in [7, 11) is 1.56. The van der Waals surface area contributed by atoms with Crippen LogP contribution in [-0.2, 0) is 9.59 Å². The first-order valence-corrected chi connectivity index (χ1v) is 10.5. The Morgan fingerprint density at radius 2 is 1.88 bits per heavy atom. The molecular weight excluding hydrogens is 425 g/mol. The molecule has 1 saturated heterocycles. The van der Waals surface area contributed by atoms with Crippen molar-refractivity contribution in [2.24, 2.45) is 0 Å². The molecule has 0 spiro atoms. The van der Waals surface area contributed by atoms with Crippen LogP contribution in [0.25, 0.3) is 5.76 Å². The van der Waals surface area contributed by atoms with Crippen LogP contribution in [0.4, 0.5) is 10.1 Å². The summed E-state index contributed by atoms with van der Waals surface area (Å²) >= 11 is 0. The van der Waals surface area contributed by atoms with Crippen LogP contribution in [0.15, 0.2) is 64.6 Å². The lowest BCUT2D eigenvalue weighted by Gasteiger charge is -2.23. The van der Waals surface area contributed by atoms with Gasteiger partial charge in [0.1, 0.15) is 34.9 Å². The van der Waals surface area contributed by atoms with Crippen LogP contribution < -0.4 is 9.64 Å². The zero-order valence-electron chi connectivity index (χ0n) is 18.8. The number of aliphatic hydroxyl groups is 1. The summed E-state index contributed by atoms with van der Waals surface area (Å²) in [5.41, 5.74) is 1.27. The van der Waals surface area contributed by atoms with Crippen LogP contribution in [0.5, 0.6) is 5.75 Å². The molecule has 1 aromatic heterocycles. The van der Waals surface area contributed by atoms with Gasteiger partial charge in [0.2, 0.25) is 0 Å². The van der Waals surface area contributed by atoms with Gasteiger partial charge in [0.15, 0.2) is 0 Å². The number of ether oxygens (including phenoxy) is 1. The molecule has 33 heavy (non-hydrogen) atoms. The number of methoxy groups -OCH3 is 1. The maximum absolute atomic E-state index is 14.0. The fourth-order valence-corrected chi connectivity index (χ4v) is 4.08. The molecular formula is C26H24FNO5. The number of aliphatic hydroxyl groups excluding tert-OH is 1. The number of halogens is 1. The number of rotatable bonds is 5. The Morgan fingerprint density at radius 1 is 1.12 bits per heavy atom. The summed E-state index contributed by atoms with van der Waals surface area (Å²) in [6.07, 6.45) is 0. The predicted octanol–water partition coefficient (Wildman–Crippen LogP) is 5.49. The quantitative estimate of drug-likeness (QED) is 0.317. The van der Waals surface area contributed by atoms with E-state index in [1.165, 1.54) is 18.2 Å². The average molecular weight is 449 g/mol. The molecule has 2 aromatic carbocycles. The second-order valence-corrected chi connectivity index (χ2v) is 8.21. The van der Waals surface area contributed by atoms with E-state index < -0.39 is 23.5 Å². The Labute approximate surface area is 190 Å². The number of Topliss-reactive ketones (excluding diaryl/α,β-unsaturated/α-hetero) is 1. The van der Waals surface area contributed by atoms with Gasteiger partial charge in [-0.2, -0.15) is 0 Å². The van der Waals surface area contributed by atoms with Gasteiger partial charge >= 0.3 is 0 Å². The molecule has 1 aliphatic rings. The second kappa shape index (κ2) is 8.58. The van der Waals surface area contributed by atoms with Gasteiger partial charge in [0.05, 0.1) is 12.7 Å². The zero-order valence-corrected chi connectivity index (χ0v) is 18.8. The number of carbonyl (C=O) groups excluding carboxylic acids is 2. The number of furan rings is 1. The standard InChI is InChI=1S/C26H24FNO5/c1-14(2)19-12-16(9-11-20(19)32-4)24(29)22-23(21-10-8-15(3)33-21)28(26(31)25(22)30)18-7-5-6-17(27)13-18/h5-14,23,29H,1-4H3/b24-22-. The molecule has 1 amide bonds. The minimum absolute atomic E-state index is 0.0888. The van der Waals surface area contributed by atoms with Crippen LogP contribution in [-0.4, -0.2) is 23.9 Å². The third-order valence-corrected chi connectivity index (χ3v) is 5.69. The summed E-state index contributed by atoms with van der Waals surface area (Å²) in [5, 5.41) is 11.3. The molecule has 3 aromatic rings. The maximum Gasteiger partial charge on any atom is 0.300 e. The highest BCUT2D eigenvalue weighted by atomic mass is 19.1. The van der Waals surface area contributed by atoms with Crippen LogP contribution >= 0.6 is 0 Å². The molecule has 0 saturated carbocycles. The number of anilines is 1. The Kier molecular flexibility index (Phi) is 5.80. The first kappa shape index (κ1) is 22.3.